The van der Waals surface area contributed by atoms with E-state index in [1.165, 1.54) is 6.07 Å². The van der Waals surface area contributed by atoms with Crippen LogP contribution in [0.3, 0.4) is 0 Å². The average Bonchev–Trinajstić information content (AvgIpc) is 2.40. The molecule has 0 atom stereocenters. The molecule has 2 N–H and O–H groups in total. The lowest BCUT2D eigenvalue weighted by atomic mass is 9.87. The number of nitrogens with one attached hydrogen (secondary N) is 2. The predicted molar refractivity (Wildman–Crippen MR) is 73.2 cm³/mol. The predicted octanol–water partition coefficient (Wildman–Crippen LogP) is 3.20. The fourth-order valence-corrected chi connectivity index (χ4v) is 2.46. The molecule has 2 amide bonds. The molecular weight excluding hydrogens is 243 g/mol. The highest BCUT2D eigenvalue weighted by Gasteiger charge is 2.19. The first-order valence-electron chi connectivity index (χ1n) is 6.93. The van der Waals surface area contributed by atoms with Crippen LogP contribution >= 0.6 is 0 Å². The Hall–Kier alpha value is -1.58. The Kier molecular flexibility index (Phi) is 4.77. The Morgan fingerprint density at radius 1 is 1.26 bits per heavy atom. The number of halogens is 1. The first-order chi connectivity index (χ1) is 9.15. The minimum atomic E-state index is -0.283. The van der Waals surface area contributed by atoms with Gasteiger partial charge >= 0.3 is 6.03 Å². The number of hydrogen-bond acceptors (Lipinski definition) is 1. The summed E-state index contributed by atoms with van der Waals surface area (Å²) in [4.78, 5) is 11.7. The molecule has 1 aromatic rings. The van der Waals surface area contributed by atoms with Gasteiger partial charge in [-0.1, -0.05) is 25.1 Å². The number of urea groups is 1. The number of rotatable bonds is 3. The van der Waals surface area contributed by atoms with E-state index in [4.69, 9.17) is 0 Å². The normalized spacial score (nSPS) is 22.8. The van der Waals surface area contributed by atoms with E-state index in [0.717, 1.165) is 31.6 Å². The third-order valence-corrected chi connectivity index (χ3v) is 3.75. The SMILES string of the molecule is CC1CCC(NC(=O)NCc2ccccc2F)CC1. The van der Waals surface area contributed by atoms with Gasteiger partial charge in [0.05, 0.1) is 0 Å². The molecule has 0 unspecified atom stereocenters. The number of benzene rings is 1. The number of hydrogen-bond donors (Lipinski definition) is 2. The van der Waals surface area contributed by atoms with Crippen LogP contribution in [0.25, 0.3) is 0 Å². The number of carbonyl (C=O) groups excluding carboxylic acids is 1. The Balaban J connectivity index is 1.74. The van der Waals surface area contributed by atoms with Crippen LogP contribution in [-0.4, -0.2) is 12.1 Å². The van der Waals surface area contributed by atoms with Gasteiger partial charge in [-0.05, 0) is 37.7 Å². The minimum absolute atomic E-state index is 0.206. The van der Waals surface area contributed by atoms with E-state index in [1.54, 1.807) is 18.2 Å². The van der Waals surface area contributed by atoms with Gasteiger partial charge in [-0.15, -0.1) is 0 Å². The molecule has 19 heavy (non-hydrogen) atoms. The second-order valence-corrected chi connectivity index (χ2v) is 5.38. The van der Waals surface area contributed by atoms with Crippen LogP contribution in [0, 0.1) is 11.7 Å². The molecule has 0 bridgehead atoms. The third kappa shape index (κ3) is 4.23. The smallest absolute Gasteiger partial charge is 0.315 e. The molecule has 4 heteroatoms. The summed E-state index contributed by atoms with van der Waals surface area (Å²) in [6.45, 7) is 2.47. The highest BCUT2D eigenvalue weighted by atomic mass is 19.1. The quantitative estimate of drug-likeness (QED) is 0.864. The van der Waals surface area contributed by atoms with Gasteiger partial charge in [0.15, 0.2) is 0 Å². The molecule has 1 saturated carbocycles. The summed E-state index contributed by atoms with van der Waals surface area (Å²) < 4.78 is 13.4. The Labute approximate surface area is 113 Å². The van der Waals surface area contributed by atoms with Crippen LogP contribution in [0.2, 0.25) is 0 Å². The van der Waals surface area contributed by atoms with Crippen molar-refractivity contribution in [1.29, 1.82) is 0 Å². The number of carbonyl (C=O) groups is 1. The summed E-state index contributed by atoms with van der Waals surface area (Å²) >= 11 is 0. The third-order valence-electron chi connectivity index (χ3n) is 3.75. The van der Waals surface area contributed by atoms with E-state index in [1.807, 2.05) is 0 Å². The fraction of sp³-hybridized carbons (Fsp3) is 0.533. The first-order valence-corrected chi connectivity index (χ1v) is 6.93. The monoisotopic (exact) mass is 264 g/mol. The maximum atomic E-state index is 13.4. The van der Waals surface area contributed by atoms with Gasteiger partial charge in [-0.2, -0.15) is 0 Å². The van der Waals surface area contributed by atoms with Gasteiger partial charge in [-0.3, -0.25) is 0 Å². The second kappa shape index (κ2) is 6.55. The summed E-state index contributed by atoms with van der Waals surface area (Å²) in [6, 6.07) is 6.54. The molecule has 0 aromatic heterocycles. The summed E-state index contributed by atoms with van der Waals surface area (Å²) in [5.41, 5.74) is 0.509. The maximum Gasteiger partial charge on any atom is 0.315 e. The van der Waals surface area contributed by atoms with Crippen molar-refractivity contribution >= 4 is 6.03 Å². The largest absolute Gasteiger partial charge is 0.335 e. The second-order valence-electron chi connectivity index (χ2n) is 5.38. The van der Waals surface area contributed by atoms with Gasteiger partial charge in [0.1, 0.15) is 5.82 Å². The van der Waals surface area contributed by atoms with E-state index in [-0.39, 0.29) is 24.4 Å². The van der Waals surface area contributed by atoms with Crippen LogP contribution in [0.1, 0.15) is 38.2 Å². The Morgan fingerprint density at radius 3 is 2.63 bits per heavy atom. The zero-order valence-electron chi connectivity index (χ0n) is 11.3. The standard InChI is InChI=1S/C15H21FN2O/c1-11-6-8-13(9-7-11)18-15(19)17-10-12-4-2-3-5-14(12)16/h2-5,11,13H,6-10H2,1H3,(H2,17,18,19). The van der Waals surface area contributed by atoms with Crippen LogP contribution in [0.5, 0.6) is 0 Å². The van der Waals surface area contributed by atoms with Gasteiger partial charge in [-0.25, -0.2) is 9.18 Å². The fourth-order valence-electron chi connectivity index (χ4n) is 2.46. The highest BCUT2D eigenvalue weighted by Crippen LogP contribution is 2.23. The van der Waals surface area contributed by atoms with Gasteiger partial charge in [0, 0.05) is 18.2 Å². The van der Waals surface area contributed by atoms with Gasteiger partial charge in [0.2, 0.25) is 0 Å². The molecule has 0 saturated heterocycles. The summed E-state index contributed by atoms with van der Waals surface area (Å²) in [5.74, 6) is 0.480. The van der Waals surface area contributed by atoms with Crippen molar-refractivity contribution in [2.45, 2.75) is 45.2 Å². The van der Waals surface area contributed by atoms with Crippen molar-refractivity contribution in [3.05, 3.63) is 35.6 Å². The minimum Gasteiger partial charge on any atom is -0.335 e. The van der Waals surface area contributed by atoms with E-state index in [0.29, 0.717) is 5.56 Å². The van der Waals surface area contributed by atoms with Crippen LogP contribution in [0.4, 0.5) is 9.18 Å². The molecule has 2 rings (SSSR count). The molecule has 0 aliphatic heterocycles. The van der Waals surface area contributed by atoms with E-state index in [9.17, 15) is 9.18 Å². The van der Waals surface area contributed by atoms with E-state index < -0.39 is 0 Å². The lowest BCUT2D eigenvalue weighted by Crippen LogP contribution is -2.43. The molecule has 3 nitrogen and oxygen atoms in total. The number of amides is 2. The van der Waals surface area contributed by atoms with Crippen molar-refractivity contribution in [3.8, 4) is 0 Å². The van der Waals surface area contributed by atoms with Crippen LogP contribution in [0.15, 0.2) is 24.3 Å². The Morgan fingerprint density at radius 2 is 1.95 bits per heavy atom. The molecule has 1 aliphatic carbocycles. The first kappa shape index (κ1) is 13.8. The zero-order chi connectivity index (χ0) is 13.7. The average molecular weight is 264 g/mol. The topological polar surface area (TPSA) is 41.1 Å². The molecule has 0 spiro atoms. The molecule has 0 radical (unpaired) electrons. The summed E-state index contributed by atoms with van der Waals surface area (Å²) in [5, 5.41) is 5.66. The van der Waals surface area contributed by atoms with Crippen LogP contribution < -0.4 is 10.6 Å². The molecule has 1 aromatic carbocycles. The molecule has 0 heterocycles. The molecular formula is C15H21FN2O. The van der Waals surface area contributed by atoms with Crippen molar-refractivity contribution in [2.24, 2.45) is 5.92 Å². The lowest BCUT2D eigenvalue weighted by Gasteiger charge is -2.26. The highest BCUT2D eigenvalue weighted by molar-refractivity contribution is 5.74. The van der Waals surface area contributed by atoms with E-state index in [2.05, 4.69) is 17.6 Å². The van der Waals surface area contributed by atoms with Gasteiger partial charge < -0.3 is 10.6 Å². The van der Waals surface area contributed by atoms with Crippen molar-refractivity contribution < 1.29 is 9.18 Å². The molecule has 104 valence electrons. The van der Waals surface area contributed by atoms with Crippen LogP contribution in [-0.2, 0) is 6.54 Å². The van der Waals surface area contributed by atoms with Crippen molar-refractivity contribution in [3.63, 3.8) is 0 Å². The van der Waals surface area contributed by atoms with E-state index >= 15 is 0 Å². The zero-order valence-corrected chi connectivity index (χ0v) is 11.3. The van der Waals surface area contributed by atoms with Crippen molar-refractivity contribution in [1.82, 2.24) is 10.6 Å². The Bertz CT molecular complexity index is 428. The molecule has 1 aliphatic rings. The van der Waals surface area contributed by atoms with Crippen molar-refractivity contribution in [2.75, 3.05) is 0 Å². The summed E-state index contributed by atoms with van der Waals surface area (Å²) in [6.07, 6.45) is 4.40. The maximum absolute atomic E-state index is 13.4. The molecule has 1 fully saturated rings. The van der Waals surface area contributed by atoms with Gasteiger partial charge in [0.25, 0.3) is 0 Å². The lowest BCUT2D eigenvalue weighted by molar-refractivity contribution is 0.228. The summed E-state index contributed by atoms with van der Waals surface area (Å²) in [7, 11) is 0.